The minimum atomic E-state index is -5.96. The first kappa shape index (κ1) is 44.0. The van der Waals surface area contributed by atoms with E-state index in [1.165, 1.54) is 0 Å². The number of esters is 1. The second-order valence-corrected chi connectivity index (χ2v) is 17.0. The van der Waals surface area contributed by atoms with Crippen LogP contribution < -0.4 is 10.1 Å². The van der Waals surface area contributed by atoms with Crippen molar-refractivity contribution in [3.8, 4) is 5.75 Å². The zero-order valence-corrected chi connectivity index (χ0v) is 33.3. The number of carbonyl (C=O) groups excluding carboxylic acids is 2. The van der Waals surface area contributed by atoms with E-state index in [1.807, 2.05) is 21.3 Å². The molecule has 0 bridgehead atoms. The minimum Gasteiger partial charge on any atom is -0.480 e. The summed E-state index contributed by atoms with van der Waals surface area (Å²) in [6.45, 7) is 4.87. The lowest BCUT2D eigenvalue weighted by Crippen LogP contribution is -2.63. The van der Waals surface area contributed by atoms with E-state index in [0.717, 1.165) is 70.6 Å². The number of halogens is 5. The van der Waals surface area contributed by atoms with Crippen molar-refractivity contribution in [1.82, 2.24) is 5.32 Å². The van der Waals surface area contributed by atoms with Crippen LogP contribution in [0, 0.1) is 56.5 Å². The van der Waals surface area contributed by atoms with E-state index in [0.29, 0.717) is 42.1 Å². The molecule has 0 heterocycles. The highest BCUT2D eigenvalue weighted by Crippen LogP contribution is 2.69. The molecule has 12 atom stereocenters. The number of fused-ring (bicyclic) bond motifs is 5. The number of amides is 1. The van der Waals surface area contributed by atoms with Crippen LogP contribution in [0.3, 0.4) is 0 Å². The Morgan fingerprint density at radius 1 is 0.964 bits per heavy atom. The Bertz CT molecular complexity index is 1580. The monoisotopic (exact) mass is 804 g/mol. The number of hydrogen-bond acceptors (Lipinski definition) is 9. The third-order valence-electron chi connectivity index (χ3n) is 14.5. The standard InChI is InChI=1S/C40H57F5N2O9/c1-22(26-12-13-27-34-28(20-33(54-6)38(26,27)3)37(2)16-15-25(52-4)18-24(37)19-32(34)53-5)9-8-10-29(36(49)55-7)46-35(48)23-11-14-30(47(50)51)31(17-23)56-21-39(41,42)40(43,44)45/h11,14,17,22,24-29,32-34H,8-10,12-13,15-16,18-21H2,1-7H3,(H,46,48)/t22-,24+,25-,26-,27+,28+,29+,32-,33+,34+,37+,38-/m1/s1. The molecule has 316 valence electrons. The van der Waals surface area contributed by atoms with Gasteiger partial charge in [0, 0.05) is 44.4 Å². The van der Waals surface area contributed by atoms with Crippen LogP contribution in [0.1, 0.15) is 95.3 Å². The Kier molecular flexibility index (Phi) is 13.4. The molecule has 5 rings (SSSR count). The van der Waals surface area contributed by atoms with Gasteiger partial charge in [-0.05, 0) is 98.4 Å². The second kappa shape index (κ2) is 17.0. The molecular formula is C40H57F5N2O9. The Hall–Kier alpha value is -3.11. The molecular weight excluding hydrogens is 747 g/mol. The van der Waals surface area contributed by atoms with Crippen LogP contribution in [0.4, 0.5) is 27.6 Å². The summed E-state index contributed by atoms with van der Waals surface area (Å²) in [5.41, 5.74) is -1.18. The summed E-state index contributed by atoms with van der Waals surface area (Å²) in [7, 11) is 6.64. The molecule has 56 heavy (non-hydrogen) atoms. The second-order valence-electron chi connectivity index (χ2n) is 17.0. The molecule has 0 aromatic heterocycles. The van der Waals surface area contributed by atoms with E-state index in [1.54, 1.807) is 0 Å². The molecule has 0 radical (unpaired) electrons. The van der Waals surface area contributed by atoms with E-state index in [-0.39, 0.29) is 47.0 Å². The highest BCUT2D eigenvalue weighted by atomic mass is 19.4. The fraction of sp³-hybridized carbons (Fsp3) is 0.800. The van der Waals surface area contributed by atoms with Gasteiger partial charge >= 0.3 is 23.8 Å². The van der Waals surface area contributed by atoms with E-state index in [9.17, 15) is 41.7 Å². The number of ether oxygens (including phenoxy) is 5. The molecule has 4 fully saturated rings. The number of benzene rings is 1. The first-order valence-corrected chi connectivity index (χ1v) is 19.6. The van der Waals surface area contributed by atoms with Crippen LogP contribution in [-0.2, 0) is 23.7 Å². The van der Waals surface area contributed by atoms with Gasteiger partial charge in [0.15, 0.2) is 12.4 Å². The van der Waals surface area contributed by atoms with Gasteiger partial charge in [0.1, 0.15) is 6.04 Å². The lowest BCUT2D eigenvalue weighted by molar-refractivity contribution is -0.386. The summed E-state index contributed by atoms with van der Waals surface area (Å²) in [6, 6.07) is 1.31. The van der Waals surface area contributed by atoms with Crippen molar-refractivity contribution in [2.75, 3.05) is 35.0 Å². The first-order chi connectivity index (χ1) is 26.3. The Morgan fingerprint density at radius 3 is 2.29 bits per heavy atom. The van der Waals surface area contributed by atoms with Gasteiger partial charge in [-0.2, -0.15) is 22.0 Å². The number of nitro groups is 1. The molecule has 11 nitrogen and oxygen atoms in total. The average molecular weight is 805 g/mol. The van der Waals surface area contributed by atoms with Crippen LogP contribution in [0.2, 0.25) is 0 Å². The molecule has 0 spiro atoms. The van der Waals surface area contributed by atoms with Crippen LogP contribution >= 0.6 is 0 Å². The summed E-state index contributed by atoms with van der Waals surface area (Å²) in [6.07, 6.45) is 3.35. The third kappa shape index (κ3) is 8.25. The average Bonchev–Trinajstić information content (AvgIpc) is 3.52. The summed E-state index contributed by atoms with van der Waals surface area (Å²) < 4.78 is 93.2. The maximum Gasteiger partial charge on any atom is 0.456 e. The quantitative estimate of drug-likeness (QED) is 0.0806. The van der Waals surface area contributed by atoms with Crippen molar-refractivity contribution >= 4 is 17.6 Å². The lowest BCUT2D eigenvalue weighted by atomic mass is 9.43. The number of rotatable bonds is 15. The van der Waals surface area contributed by atoms with Crippen molar-refractivity contribution in [2.45, 2.75) is 121 Å². The summed E-state index contributed by atoms with van der Waals surface area (Å²) in [4.78, 5) is 36.5. The largest absolute Gasteiger partial charge is 0.480 e. The predicted octanol–water partition coefficient (Wildman–Crippen LogP) is 8.17. The van der Waals surface area contributed by atoms with Crippen molar-refractivity contribution in [3.05, 3.63) is 33.9 Å². The summed E-state index contributed by atoms with van der Waals surface area (Å²) in [5, 5.41) is 14.0. The van der Waals surface area contributed by atoms with Crippen molar-refractivity contribution in [3.63, 3.8) is 0 Å². The van der Waals surface area contributed by atoms with Crippen molar-refractivity contribution < 1.29 is 60.1 Å². The topological polar surface area (TPSA) is 135 Å². The molecule has 0 unspecified atom stereocenters. The number of alkyl halides is 5. The molecule has 16 heteroatoms. The molecule has 4 aliphatic carbocycles. The molecule has 1 aromatic carbocycles. The number of nitrogens with one attached hydrogen (secondary N) is 1. The number of methoxy groups -OCH3 is 4. The Morgan fingerprint density at radius 2 is 1.68 bits per heavy atom. The predicted molar refractivity (Wildman–Crippen MR) is 194 cm³/mol. The van der Waals surface area contributed by atoms with Crippen LogP contribution in [0.25, 0.3) is 0 Å². The first-order valence-electron chi connectivity index (χ1n) is 19.6. The molecule has 1 aromatic rings. The zero-order valence-electron chi connectivity index (χ0n) is 33.3. The fourth-order valence-electron chi connectivity index (χ4n) is 11.5. The van der Waals surface area contributed by atoms with Gasteiger partial charge in [0.2, 0.25) is 0 Å². The van der Waals surface area contributed by atoms with Gasteiger partial charge in [-0.1, -0.05) is 33.6 Å². The SMILES string of the molecule is COC(=O)[C@H](CCC[C@@H](C)[C@H]1CC[C@H]2[C@@H]3[C@H](OC)C[C@@H]4C[C@H](OC)CC[C@]4(C)[C@H]3C[C@H](OC)[C@]12C)NC(=O)c1ccc([N+](=O)[O-])c(OCC(F)(F)C(F)(F)F)c1. The minimum absolute atomic E-state index is 0.0642. The molecule has 0 saturated heterocycles. The maximum atomic E-state index is 13.5. The van der Waals surface area contributed by atoms with Gasteiger partial charge in [-0.25, -0.2) is 4.79 Å². The Labute approximate surface area is 325 Å². The van der Waals surface area contributed by atoms with Gasteiger partial charge in [-0.15, -0.1) is 0 Å². The number of nitro benzene ring substituents is 1. The maximum absolute atomic E-state index is 13.5. The van der Waals surface area contributed by atoms with E-state index < -0.39 is 53.0 Å². The third-order valence-corrected chi connectivity index (χ3v) is 14.5. The Balaban J connectivity index is 1.26. The van der Waals surface area contributed by atoms with E-state index in [4.69, 9.17) is 18.9 Å². The fourth-order valence-corrected chi connectivity index (χ4v) is 11.5. The highest BCUT2D eigenvalue weighted by Gasteiger charge is 2.66. The summed E-state index contributed by atoms with van der Waals surface area (Å²) >= 11 is 0. The number of carbonyl (C=O) groups is 2. The summed E-state index contributed by atoms with van der Waals surface area (Å²) in [5.74, 6) is -5.52. The van der Waals surface area contributed by atoms with Gasteiger partial charge in [0.05, 0.1) is 30.3 Å². The zero-order chi connectivity index (χ0) is 41.4. The normalized spacial score (nSPS) is 34.0. The highest BCUT2D eigenvalue weighted by molar-refractivity contribution is 5.97. The number of hydrogen-bond donors (Lipinski definition) is 1. The van der Waals surface area contributed by atoms with E-state index >= 15 is 0 Å². The van der Waals surface area contributed by atoms with Crippen molar-refractivity contribution in [1.29, 1.82) is 0 Å². The van der Waals surface area contributed by atoms with Gasteiger partial charge in [-0.3, -0.25) is 14.9 Å². The molecule has 4 saturated carbocycles. The lowest BCUT2D eigenvalue weighted by Gasteiger charge is -2.64. The van der Waals surface area contributed by atoms with Crippen LogP contribution in [0.15, 0.2) is 18.2 Å². The number of nitrogens with zero attached hydrogens (tertiary/aromatic N) is 1. The van der Waals surface area contributed by atoms with Gasteiger partial charge in [0.25, 0.3) is 5.91 Å². The van der Waals surface area contributed by atoms with Crippen LogP contribution in [0.5, 0.6) is 5.75 Å². The molecule has 4 aliphatic rings. The van der Waals surface area contributed by atoms with E-state index in [2.05, 4.69) is 30.8 Å². The molecule has 0 aliphatic heterocycles. The van der Waals surface area contributed by atoms with Gasteiger partial charge < -0.3 is 29.0 Å². The van der Waals surface area contributed by atoms with Crippen LogP contribution in [-0.4, -0.2) is 88.3 Å². The van der Waals surface area contributed by atoms with Crippen molar-refractivity contribution in [2.24, 2.45) is 46.3 Å². The smallest absolute Gasteiger partial charge is 0.456 e. The molecule has 1 N–H and O–H groups in total. The molecule has 1 amide bonds.